The number of rotatable bonds is 8. The van der Waals surface area contributed by atoms with Crippen LogP contribution in [-0.4, -0.2) is 43.8 Å². The first-order chi connectivity index (χ1) is 12.9. The zero-order chi connectivity index (χ0) is 19.4. The lowest BCUT2D eigenvalue weighted by molar-refractivity contribution is -0.122. The van der Waals surface area contributed by atoms with Gasteiger partial charge in [-0.3, -0.25) is 9.59 Å². The minimum Gasteiger partial charge on any atom is -0.354 e. The lowest BCUT2D eigenvalue weighted by Gasteiger charge is -2.25. The molecule has 1 fully saturated rings. The molecule has 4 nitrogen and oxygen atoms in total. The summed E-state index contributed by atoms with van der Waals surface area (Å²) in [6.07, 6.45) is 2.59. The molecule has 0 saturated heterocycles. The average molecular weight is 364 g/mol. The molecule has 0 aliphatic heterocycles. The molecule has 142 valence electrons. The predicted molar refractivity (Wildman–Crippen MR) is 108 cm³/mol. The number of nitrogens with one attached hydrogen (secondary N) is 1. The van der Waals surface area contributed by atoms with Crippen molar-refractivity contribution in [1.29, 1.82) is 0 Å². The Balaban J connectivity index is 1.56. The Hall–Kier alpha value is -2.46. The Bertz CT molecular complexity index is 786. The maximum absolute atomic E-state index is 12.7. The Labute approximate surface area is 161 Å². The monoisotopic (exact) mass is 364 g/mol. The van der Waals surface area contributed by atoms with Crippen LogP contribution in [-0.2, 0) is 16.6 Å². The van der Waals surface area contributed by atoms with Crippen LogP contribution in [0.2, 0.25) is 0 Å². The summed E-state index contributed by atoms with van der Waals surface area (Å²) >= 11 is 0. The van der Waals surface area contributed by atoms with Crippen molar-refractivity contribution >= 4 is 12.2 Å². The van der Waals surface area contributed by atoms with E-state index in [-0.39, 0.29) is 23.3 Å². The zero-order valence-electron chi connectivity index (χ0n) is 16.3. The summed E-state index contributed by atoms with van der Waals surface area (Å²) in [6, 6.07) is 18.1. The summed E-state index contributed by atoms with van der Waals surface area (Å²) in [7, 11) is 4.06. The lowest BCUT2D eigenvalue weighted by Crippen LogP contribution is -2.42. The number of hydrogen-bond donors (Lipinski definition) is 1. The molecule has 2 aromatic carbocycles. The van der Waals surface area contributed by atoms with Crippen LogP contribution in [0.4, 0.5) is 0 Å². The molecule has 0 heterocycles. The van der Waals surface area contributed by atoms with E-state index in [2.05, 4.69) is 29.3 Å². The van der Waals surface area contributed by atoms with E-state index in [1.54, 1.807) is 0 Å². The van der Waals surface area contributed by atoms with Crippen molar-refractivity contribution < 1.29 is 9.59 Å². The van der Waals surface area contributed by atoms with Crippen LogP contribution in [0.1, 0.15) is 34.8 Å². The van der Waals surface area contributed by atoms with Gasteiger partial charge in [0.25, 0.3) is 0 Å². The van der Waals surface area contributed by atoms with E-state index < -0.39 is 0 Å². The molecule has 3 atom stereocenters. The van der Waals surface area contributed by atoms with Gasteiger partial charge in [-0.25, -0.2) is 0 Å². The quantitative estimate of drug-likeness (QED) is 0.733. The first-order valence-corrected chi connectivity index (χ1v) is 9.48. The van der Waals surface area contributed by atoms with Crippen molar-refractivity contribution in [3.8, 4) is 0 Å². The van der Waals surface area contributed by atoms with Crippen LogP contribution >= 0.6 is 0 Å². The number of carbonyl (C=O) groups excluding carboxylic acids is 2. The fourth-order valence-corrected chi connectivity index (χ4v) is 3.67. The molecule has 1 N–H and O–H groups in total. The zero-order valence-corrected chi connectivity index (χ0v) is 16.3. The highest BCUT2D eigenvalue weighted by molar-refractivity contribution is 5.84. The van der Waals surface area contributed by atoms with Gasteiger partial charge in [0.2, 0.25) is 5.91 Å². The number of nitrogens with zero attached hydrogens (tertiary/aromatic N) is 1. The van der Waals surface area contributed by atoms with Crippen LogP contribution in [0, 0.1) is 5.92 Å². The molecule has 2 aromatic rings. The SMILES string of the molecule is CN(C)[C@H](CNC(=O)C1CC1(C)c1ccccc1)Cc1ccc(C=O)cc1. The third-order valence-corrected chi connectivity index (χ3v) is 5.82. The van der Waals surface area contributed by atoms with Gasteiger partial charge in [0, 0.05) is 29.5 Å². The summed E-state index contributed by atoms with van der Waals surface area (Å²) in [5, 5.41) is 3.16. The van der Waals surface area contributed by atoms with Crippen LogP contribution in [0.5, 0.6) is 0 Å². The van der Waals surface area contributed by atoms with Gasteiger partial charge in [-0.1, -0.05) is 61.5 Å². The number of aldehydes is 1. The second kappa shape index (κ2) is 8.05. The fourth-order valence-electron chi connectivity index (χ4n) is 3.67. The van der Waals surface area contributed by atoms with E-state index in [0.29, 0.717) is 12.1 Å². The van der Waals surface area contributed by atoms with E-state index in [0.717, 1.165) is 24.7 Å². The fraction of sp³-hybridized carbons (Fsp3) is 0.391. The van der Waals surface area contributed by atoms with E-state index >= 15 is 0 Å². The Morgan fingerprint density at radius 1 is 1.19 bits per heavy atom. The summed E-state index contributed by atoms with van der Waals surface area (Å²) in [5.74, 6) is 0.194. The maximum atomic E-state index is 12.7. The molecule has 0 bridgehead atoms. The Morgan fingerprint density at radius 2 is 1.85 bits per heavy atom. The molecule has 1 amide bonds. The molecule has 0 radical (unpaired) electrons. The van der Waals surface area contributed by atoms with Crippen molar-refractivity contribution in [3.05, 3.63) is 71.3 Å². The van der Waals surface area contributed by atoms with Gasteiger partial charge >= 0.3 is 0 Å². The minimum absolute atomic E-state index is 0.0381. The summed E-state index contributed by atoms with van der Waals surface area (Å²) < 4.78 is 0. The highest BCUT2D eigenvalue weighted by atomic mass is 16.2. The standard InChI is InChI=1S/C23H28N2O2/c1-23(19-7-5-4-6-8-19)14-21(23)22(27)24-15-20(25(2)3)13-17-9-11-18(16-26)12-10-17/h4-12,16,20-21H,13-15H2,1-3H3,(H,24,27)/t20-,21?,23?/m0/s1. The molecule has 27 heavy (non-hydrogen) atoms. The summed E-state index contributed by atoms with van der Waals surface area (Å²) in [6.45, 7) is 2.78. The van der Waals surface area contributed by atoms with Gasteiger partial charge in [0.05, 0.1) is 0 Å². The number of likely N-dealkylation sites (N-methyl/N-ethyl adjacent to an activating group) is 1. The number of amides is 1. The highest BCUT2D eigenvalue weighted by Gasteiger charge is 2.55. The minimum atomic E-state index is -0.0381. The average Bonchev–Trinajstić information content (AvgIpc) is 3.39. The van der Waals surface area contributed by atoms with Gasteiger partial charge in [0.15, 0.2) is 0 Å². The smallest absolute Gasteiger partial charge is 0.224 e. The molecule has 4 heteroatoms. The number of hydrogen-bond acceptors (Lipinski definition) is 3. The topological polar surface area (TPSA) is 49.4 Å². The largest absolute Gasteiger partial charge is 0.354 e. The predicted octanol–water partition coefficient (Wildman–Crippen LogP) is 3.07. The molecular weight excluding hydrogens is 336 g/mol. The molecule has 1 saturated carbocycles. The van der Waals surface area contributed by atoms with Crippen molar-refractivity contribution in [2.24, 2.45) is 5.92 Å². The number of carbonyl (C=O) groups is 2. The van der Waals surface area contributed by atoms with Crippen LogP contribution in [0.15, 0.2) is 54.6 Å². The Morgan fingerprint density at radius 3 is 2.44 bits per heavy atom. The van der Waals surface area contributed by atoms with Gasteiger partial charge < -0.3 is 10.2 Å². The number of benzene rings is 2. The van der Waals surface area contributed by atoms with Gasteiger partial charge in [-0.05, 0) is 38.1 Å². The van der Waals surface area contributed by atoms with Crippen LogP contribution in [0.25, 0.3) is 0 Å². The molecule has 0 aromatic heterocycles. The third-order valence-electron chi connectivity index (χ3n) is 5.82. The lowest BCUT2D eigenvalue weighted by atomic mass is 9.95. The first-order valence-electron chi connectivity index (χ1n) is 9.48. The molecule has 1 aliphatic carbocycles. The Kier molecular flexibility index (Phi) is 5.76. The van der Waals surface area contributed by atoms with E-state index in [4.69, 9.17) is 0 Å². The van der Waals surface area contributed by atoms with Crippen molar-refractivity contribution in [1.82, 2.24) is 10.2 Å². The molecule has 3 rings (SSSR count). The van der Waals surface area contributed by atoms with Gasteiger partial charge in [0.1, 0.15) is 6.29 Å². The van der Waals surface area contributed by atoms with Gasteiger partial charge in [-0.15, -0.1) is 0 Å². The van der Waals surface area contributed by atoms with Crippen molar-refractivity contribution in [3.63, 3.8) is 0 Å². The molecule has 2 unspecified atom stereocenters. The highest BCUT2D eigenvalue weighted by Crippen LogP contribution is 2.53. The van der Waals surface area contributed by atoms with E-state index in [1.807, 2.05) is 56.6 Å². The second-order valence-electron chi connectivity index (χ2n) is 7.97. The van der Waals surface area contributed by atoms with Crippen molar-refractivity contribution in [2.75, 3.05) is 20.6 Å². The van der Waals surface area contributed by atoms with Crippen LogP contribution < -0.4 is 5.32 Å². The van der Waals surface area contributed by atoms with E-state index in [1.165, 1.54) is 5.56 Å². The first kappa shape index (κ1) is 19.3. The van der Waals surface area contributed by atoms with Crippen molar-refractivity contribution in [2.45, 2.75) is 31.2 Å². The van der Waals surface area contributed by atoms with Crippen LogP contribution in [0.3, 0.4) is 0 Å². The molecular formula is C23H28N2O2. The third kappa shape index (κ3) is 4.45. The second-order valence-corrected chi connectivity index (χ2v) is 7.97. The molecule has 1 aliphatic rings. The summed E-state index contributed by atoms with van der Waals surface area (Å²) in [5.41, 5.74) is 3.05. The van der Waals surface area contributed by atoms with E-state index in [9.17, 15) is 9.59 Å². The maximum Gasteiger partial charge on any atom is 0.224 e. The van der Waals surface area contributed by atoms with Gasteiger partial charge in [-0.2, -0.15) is 0 Å². The molecule has 0 spiro atoms. The normalized spacial score (nSPS) is 22.3. The summed E-state index contributed by atoms with van der Waals surface area (Å²) in [4.78, 5) is 25.6.